The number of nitrogens with one attached hydrogen (secondary N) is 2. The van der Waals surface area contributed by atoms with Crippen LogP contribution < -0.4 is 16.1 Å². The zero-order valence-corrected chi connectivity index (χ0v) is 14.8. The molecule has 0 aromatic carbocycles. The largest absolute Gasteiger partial charge is 0.349 e. The van der Waals surface area contributed by atoms with Gasteiger partial charge in [-0.25, -0.2) is 28.2 Å². The molecule has 1 saturated heterocycles. The zero-order chi connectivity index (χ0) is 19.5. The number of hydrogen-bond acceptors (Lipinski definition) is 6. The van der Waals surface area contributed by atoms with Gasteiger partial charge in [-0.05, 0) is 12.8 Å². The molecule has 0 bridgehead atoms. The molecule has 2 fully saturated rings. The van der Waals surface area contributed by atoms with E-state index in [0.29, 0.717) is 24.0 Å². The predicted octanol–water partition coefficient (Wildman–Crippen LogP) is 1.21. The lowest BCUT2D eigenvalue weighted by atomic mass is 9.82. The third-order valence-electron chi connectivity index (χ3n) is 5.86. The minimum Gasteiger partial charge on any atom is -0.349 e. The number of halogens is 2. The molecular formula is C17H17F2N7O2. The number of rotatable bonds is 2. The lowest BCUT2D eigenvalue weighted by molar-refractivity contribution is -0.0795. The summed E-state index contributed by atoms with van der Waals surface area (Å²) in [4.78, 5) is 37.7. The third kappa shape index (κ3) is 2.38. The lowest BCUT2D eigenvalue weighted by Crippen LogP contribution is -2.37. The smallest absolute Gasteiger partial charge is 0.325 e. The van der Waals surface area contributed by atoms with Gasteiger partial charge in [0.05, 0.1) is 17.3 Å². The van der Waals surface area contributed by atoms with Gasteiger partial charge >= 0.3 is 5.69 Å². The number of aromatic nitrogens is 6. The molecule has 5 rings (SSSR count). The molecule has 1 saturated carbocycles. The zero-order valence-electron chi connectivity index (χ0n) is 14.8. The monoisotopic (exact) mass is 389 g/mol. The van der Waals surface area contributed by atoms with Gasteiger partial charge in [-0.15, -0.1) is 5.10 Å². The van der Waals surface area contributed by atoms with Crippen molar-refractivity contribution in [2.75, 3.05) is 18.0 Å². The van der Waals surface area contributed by atoms with Crippen LogP contribution in [0.5, 0.6) is 0 Å². The summed E-state index contributed by atoms with van der Waals surface area (Å²) in [5.41, 5.74) is -1.89. The maximum Gasteiger partial charge on any atom is 0.325 e. The van der Waals surface area contributed by atoms with E-state index in [0.717, 1.165) is 12.8 Å². The molecule has 3 aromatic heterocycles. The van der Waals surface area contributed by atoms with E-state index < -0.39 is 29.1 Å². The summed E-state index contributed by atoms with van der Waals surface area (Å²) in [5, 5.41) is 4.71. The first-order valence-corrected chi connectivity index (χ1v) is 9.04. The average Bonchev–Trinajstić information content (AvgIpc) is 3.33. The molecule has 0 atom stereocenters. The molecule has 1 spiro atoms. The first kappa shape index (κ1) is 17.0. The Morgan fingerprint density at radius 2 is 1.89 bits per heavy atom. The van der Waals surface area contributed by atoms with Crippen molar-refractivity contribution in [3.8, 4) is 5.69 Å². The number of anilines is 1. The van der Waals surface area contributed by atoms with Crippen LogP contribution >= 0.6 is 0 Å². The van der Waals surface area contributed by atoms with Gasteiger partial charge in [0, 0.05) is 18.9 Å². The van der Waals surface area contributed by atoms with Gasteiger partial charge in [0.25, 0.3) is 11.5 Å². The second kappa shape index (κ2) is 5.69. The van der Waals surface area contributed by atoms with Gasteiger partial charge in [-0.2, -0.15) is 0 Å². The maximum atomic E-state index is 14.8. The van der Waals surface area contributed by atoms with E-state index in [1.165, 1.54) is 23.4 Å². The van der Waals surface area contributed by atoms with Crippen LogP contribution in [0.25, 0.3) is 16.7 Å². The van der Waals surface area contributed by atoms with Crippen LogP contribution in [0.3, 0.4) is 0 Å². The number of aromatic amines is 2. The van der Waals surface area contributed by atoms with Crippen LogP contribution in [0, 0.1) is 5.41 Å². The van der Waals surface area contributed by atoms with Crippen molar-refractivity contribution in [2.24, 2.45) is 5.41 Å². The number of fused-ring (bicyclic) bond motifs is 1. The third-order valence-corrected chi connectivity index (χ3v) is 5.86. The fourth-order valence-corrected chi connectivity index (χ4v) is 4.44. The van der Waals surface area contributed by atoms with Gasteiger partial charge in [-0.1, -0.05) is 12.8 Å². The van der Waals surface area contributed by atoms with Crippen molar-refractivity contribution in [3.63, 3.8) is 0 Å². The number of hydrogen-bond donors (Lipinski definition) is 2. The summed E-state index contributed by atoms with van der Waals surface area (Å²) in [6.07, 6.45) is 6.69. The molecule has 0 unspecified atom stereocenters. The van der Waals surface area contributed by atoms with E-state index in [1.807, 2.05) is 0 Å². The summed E-state index contributed by atoms with van der Waals surface area (Å²) in [6.45, 7) is -0.167. The molecular weight excluding hydrogens is 372 g/mol. The first-order valence-electron chi connectivity index (χ1n) is 9.04. The van der Waals surface area contributed by atoms with Gasteiger partial charge in [-0.3, -0.25) is 9.78 Å². The van der Waals surface area contributed by atoms with E-state index >= 15 is 0 Å². The van der Waals surface area contributed by atoms with Crippen LogP contribution in [0.1, 0.15) is 25.7 Å². The number of alkyl halides is 2. The molecule has 0 radical (unpaired) electrons. The van der Waals surface area contributed by atoms with Gasteiger partial charge in [0.2, 0.25) is 0 Å². The molecule has 4 heterocycles. The Labute approximate surface area is 156 Å². The second-order valence-electron chi connectivity index (χ2n) is 7.51. The summed E-state index contributed by atoms with van der Waals surface area (Å²) in [6, 6.07) is 0. The Kier molecular flexibility index (Phi) is 3.46. The summed E-state index contributed by atoms with van der Waals surface area (Å²) in [7, 11) is 0. The Morgan fingerprint density at radius 1 is 1.11 bits per heavy atom. The molecule has 11 heteroatoms. The minimum absolute atomic E-state index is 0.0857. The van der Waals surface area contributed by atoms with Crippen molar-refractivity contribution in [2.45, 2.75) is 31.6 Å². The van der Waals surface area contributed by atoms with Crippen LogP contribution in [0.15, 0.2) is 28.3 Å². The van der Waals surface area contributed by atoms with Gasteiger partial charge in [0.15, 0.2) is 5.65 Å². The molecule has 0 amide bonds. The maximum absolute atomic E-state index is 14.8. The van der Waals surface area contributed by atoms with E-state index in [2.05, 4.69) is 25.0 Å². The van der Waals surface area contributed by atoms with E-state index in [9.17, 15) is 18.4 Å². The Bertz CT molecular complexity index is 1180. The highest BCUT2D eigenvalue weighted by Crippen LogP contribution is 2.54. The first-order chi connectivity index (χ1) is 13.4. The molecule has 2 aliphatic rings. The van der Waals surface area contributed by atoms with E-state index in [-0.39, 0.29) is 17.9 Å². The molecule has 28 heavy (non-hydrogen) atoms. The van der Waals surface area contributed by atoms with Gasteiger partial charge in [0.1, 0.15) is 17.8 Å². The normalized spacial score (nSPS) is 20.4. The number of H-pyrrole nitrogens is 2. The summed E-state index contributed by atoms with van der Waals surface area (Å²) < 4.78 is 30.9. The minimum atomic E-state index is -2.78. The Morgan fingerprint density at radius 3 is 2.64 bits per heavy atom. The Hall–Kier alpha value is -3.11. The van der Waals surface area contributed by atoms with E-state index in [1.54, 1.807) is 4.90 Å². The molecule has 146 valence electrons. The fraction of sp³-hybridized carbons (Fsp3) is 0.471. The molecule has 9 nitrogen and oxygen atoms in total. The Balaban J connectivity index is 1.59. The van der Waals surface area contributed by atoms with Crippen molar-refractivity contribution < 1.29 is 8.78 Å². The SMILES string of the molecule is O=c1[nH]cc(-n2cc3c(N4CC(F)(F)C5(CCCC5)C4)ncnc3n2)c(=O)[nH]1. The second-order valence-corrected chi connectivity index (χ2v) is 7.51. The quantitative estimate of drug-likeness (QED) is 0.681. The van der Waals surface area contributed by atoms with Crippen molar-refractivity contribution >= 4 is 16.9 Å². The molecule has 1 aliphatic carbocycles. The fourth-order valence-electron chi connectivity index (χ4n) is 4.44. The van der Waals surface area contributed by atoms with Crippen molar-refractivity contribution in [1.29, 1.82) is 0 Å². The topological polar surface area (TPSA) is 113 Å². The van der Waals surface area contributed by atoms with Crippen LogP contribution in [-0.2, 0) is 0 Å². The van der Waals surface area contributed by atoms with Crippen LogP contribution in [0.4, 0.5) is 14.6 Å². The number of nitrogens with zero attached hydrogens (tertiary/aromatic N) is 5. The van der Waals surface area contributed by atoms with Crippen LogP contribution in [0.2, 0.25) is 0 Å². The highest BCUT2D eigenvalue weighted by atomic mass is 19.3. The van der Waals surface area contributed by atoms with Crippen LogP contribution in [-0.4, -0.2) is 48.7 Å². The van der Waals surface area contributed by atoms with Gasteiger partial charge < -0.3 is 9.88 Å². The lowest BCUT2D eigenvalue weighted by Gasteiger charge is -2.28. The average molecular weight is 389 g/mol. The van der Waals surface area contributed by atoms with E-state index in [4.69, 9.17) is 0 Å². The van der Waals surface area contributed by atoms with Crippen molar-refractivity contribution in [3.05, 3.63) is 39.6 Å². The van der Waals surface area contributed by atoms with Crippen molar-refractivity contribution in [1.82, 2.24) is 29.7 Å². The summed E-state index contributed by atoms with van der Waals surface area (Å²) >= 11 is 0. The predicted molar refractivity (Wildman–Crippen MR) is 96.0 cm³/mol. The molecule has 3 aromatic rings. The summed E-state index contributed by atoms with van der Waals surface area (Å²) in [5.74, 6) is -2.41. The standard InChI is InChI=1S/C17H17F2N7O2/c18-17(19)8-25(7-16(17)3-1-2-4-16)13-10-6-26(24-12(10)21-9-22-13)11-5-20-15(28)23-14(11)27/h5-6,9H,1-4,7-8H2,(H2,20,23,27,28). The molecule has 2 N–H and O–H groups in total. The highest BCUT2D eigenvalue weighted by molar-refractivity contribution is 5.87. The molecule has 1 aliphatic heterocycles. The highest BCUT2D eigenvalue weighted by Gasteiger charge is 2.61.